The average Bonchev–Trinajstić information content (AvgIpc) is 1.81. The first-order chi connectivity index (χ1) is 4.57. The molecule has 0 saturated carbocycles. The van der Waals surface area contributed by atoms with Gasteiger partial charge in [-0.2, -0.15) is 0 Å². The predicted molar refractivity (Wildman–Crippen MR) is 44.3 cm³/mol. The molecule has 0 spiro atoms. The van der Waals surface area contributed by atoms with Crippen LogP contribution in [0.15, 0.2) is 11.6 Å². The summed E-state index contributed by atoms with van der Waals surface area (Å²) >= 11 is 10.5. The molecule has 0 aromatic carbocycles. The third-order valence-corrected chi connectivity index (χ3v) is 1.15. The summed E-state index contributed by atoms with van der Waals surface area (Å²) in [5.74, 6) is 0. The normalized spacial score (nSPS) is 11.3. The number of allylic oxidation sites excluding steroid dienone is 1. The molecular formula is C5H7Cl2N3. The molecule has 3 nitrogen and oxygen atoms in total. The van der Waals surface area contributed by atoms with Gasteiger partial charge >= 0.3 is 0 Å². The molecule has 0 aliphatic carbocycles. The van der Waals surface area contributed by atoms with Crippen LogP contribution in [0.4, 0.5) is 0 Å². The maximum absolute atomic E-state index is 6.91. The topological polar surface area (TPSA) is 73.7 Å². The molecule has 0 aliphatic heterocycles. The molecule has 0 rings (SSSR count). The molecule has 0 saturated heterocycles. The SMILES string of the molecule is N=C(Cl)/C=C(/CN)C(=N)Cl. The van der Waals surface area contributed by atoms with Crippen LogP contribution in [-0.2, 0) is 0 Å². The monoisotopic (exact) mass is 179 g/mol. The van der Waals surface area contributed by atoms with Gasteiger partial charge in [0.1, 0.15) is 10.3 Å². The zero-order valence-corrected chi connectivity index (χ0v) is 6.63. The van der Waals surface area contributed by atoms with E-state index < -0.39 is 0 Å². The maximum Gasteiger partial charge on any atom is 0.125 e. The molecule has 0 heterocycles. The second kappa shape index (κ2) is 4.44. The molecule has 0 aromatic heterocycles. The van der Waals surface area contributed by atoms with Gasteiger partial charge in [0.2, 0.25) is 0 Å². The van der Waals surface area contributed by atoms with Crippen LogP contribution >= 0.6 is 23.2 Å². The van der Waals surface area contributed by atoms with E-state index >= 15 is 0 Å². The zero-order chi connectivity index (χ0) is 8.15. The standard InChI is InChI=1S/C5H7Cl2N3/c6-4(9)1-3(2-8)5(7)10/h1,9-10H,2,8H2/b3-1-,9-4?,10-5?. The number of halogens is 2. The summed E-state index contributed by atoms with van der Waals surface area (Å²) in [6.07, 6.45) is 1.25. The van der Waals surface area contributed by atoms with Crippen LogP contribution in [0.25, 0.3) is 0 Å². The predicted octanol–water partition coefficient (Wildman–Crippen LogP) is 1.30. The van der Waals surface area contributed by atoms with Gasteiger partial charge in [0.25, 0.3) is 0 Å². The van der Waals surface area contributed by atoms with Gasteiger partial charge in [0, 0.05) is 12.1 Å². The minimum absolute atomic E-state index is 0.122. The Balaban J connectivity index is 4.34. The fourth-order valence-corrected chi connectivity index (χ4v) is 0.628. The van der Waals surface area contributed by atoms with Crippen LogP contribution in [0.5, 0.6) is 0 Å². The molecule has 0 unspecified atom stereocenters. The van der Waals surface area contributed by atoms with Crippen molar-refractivity contribution in [1.82, 2.24) is 0 Å². The molecule has 0 aliphatic rings. The minimum Gasteiger partial charge on any atom is -0.326 e. The lowest BCUT2D eigenvalue weighted by Gasteiger charge is -1.96. The Labute approximate surface area is 68.8 Å². The van der Waals surface area contributed by atoms with E-state index in [2.05, 4.69) is 0 Å². The van der Waals surface area contributed by atoms with Gasteiger partial charge in [-0.3, -0.25) is 10.8 Å². The summed E-state index contributed by atoms with van der Waals surface area (Å²) < 4.78 is 0. The molecule has 10 heavy (non-hydrogen) atoms. The molecule has 4 N–H and O–H groups in total. The zero-order valence-electron chi connectivity index (χ0n) is 5.12. The Morgan fingerprint density at radius 2 is 1.90 bits per heavy atom. The number of hydrogen-bond donors (Lipinski definition) is 3. The van der Waals surface area contributed by atoms with Gasteiger partial charge in [-0.05, 0) is 6.08 Å². The van der Waals surface area contributed by atoms with Crippen LogP contribution in [0.1, 0.15) is 0 Å². The third kappa shape index (κ3) is 3.61. The van der Waals surface area contributed by atoms with E-state index in [1.807, 2.05) is 0 Å². The van der Waals surface area contributed by atoms with Gasteiger partial charge in [-0.25, -0.2) is 0 Å². The van der Waals surface area contributed by atoms with Crippen LogP contribution < -0.4 is 5.73 Å². The highest BCUT2D eigenvalue weighted by atomic mass is 35.5. The Hall–Kier alpha value is -0.380. The third-order valence-electron chi connectivity index (χ3n) is 0.803. The lowest BCUT2D eigenvalue weighted by atomic mass is 10.3. The van der Waals surface area contributed by atoms with E-state index in [1.165, 1.54) is 6.08 Å². The van der Waals surface area contributed by atoms with Crippen molar-refractivity contribution in [3.05, 3.63) is 11.6 Å². The van der Waals surface area contributed by atoms with Crippen LogP contribution in [0, 0.1) is 10.8 Å². The first-order valence-corrected chi connectivity index (χ1v) is 3.22. The Bertz CT molecular complexity index is 185. The summed E-state index contributed by atoms with van der Waals surface area (Å²) in [5.41, 5.74) is 5.54. The fourth-order valence-electron chi connectivity index (χ4n) is 0.365. The summed E-state index contributed by atoms with van der Waals surface area (Å²) in [4.78, 5) is 0. The first-order valence-electron chi connectivity index (χ1n) is 2.47. The van der Waals surface area contributed by atoms with Crippen molar-refractivity contribution in [2.45, 2.75) is 0 Å². The number of nitrogens with one attached hydrogen (secondary N) is 2. The number of hydrogen-bond acceptors (Lipinski definition) is 3. The summed E-state index contributed by atoms with van der Waals surface area (Å²) in [5, 5.41) is 13.4. The summed E-state index contributed by atoms with van der Waals surface area (Å²) in [6.45, 7) is 0.122. The van der Waals surface area contributed by atoms with Crippen molar-refractivity contribution in [2.75, 3.05) is 6.54 Å². The molecule has 0 bridgehead atoms. The molecule has 0 fully saturated rings. The van der Waals surface area contributed by atoms with Gasteiger partial charge in [-0.1, -0.05) is 23.2 Å². The van der Waals surface area contributed by atoms with Gasteiger partial charge in [0.05, 0.1) is 0 Å². The molecular weight excluding hydrogens is 173 g/mol. The van der Waals surface area contributed by atoms with E-state index in [0.29, 0.717) is 5.57 Å². The number of nitrogens with two attached hydrogens (primary N) is 1. The molecule has 0 radical (unpaired) electrons. The van der Waals surface area contributed by atoms with Crippen molar-refractivity contribution in [1.29, 1.82) is 10.8 Å². The molecule has 0 atom stereocenters. The lowest BCUT2D eigenvalue weighted by molar-refractivity contribution is 1.21. The highest BCUT2D eigenvalue weighted by Gasteiger charge is 1.98. The number of rotatable bonds is 3. The summed E-state index contributed by atoms with van der Waals surface area (Å²) in [7, 11) is 0. The molecule has 0 amide bonds. The van der Waals surface area contributed by atoms with Crippen molar-refractivity contribution < 1.29 is 0 Å². The van der Waals surface area contributed by atoms with Crippen molar-refractivity contribution >= 4 is 33.5 Å². The van der Waals surface area contributed by atoms with Crippen LogP contribution in [-0.4, -0.2) is 16.9 Å². The fraction of sp³-hybridized carbons (Fsp3) is 0.200. The Morgan fingerprint density at radius 3 is 2.00 bits per heavy atom. The Kier molecular flexibility index (Phi) is 4.27. The second-order valence-electron chi connectivity index (χ2n) is 1.54. The van der Waals surface area contributed by atoms with Crippen LogP contribution in [0.2, 0.25) is 0 Å². The Morgan fingerprint density at radius 1 is 1.40 bits per heavy atom. The van der Waals surface area contributed by atoms with Crippen molar-refractivity contribution in [2.24, 2.45) is 5.73 Å². The van der Waals surface area contributed by atoms with Crippen LogP contribution in [0.3, 0.4) is 0 Å². The largest absolute Gasteiger partial charge is 0.326 e. The quantitative estimate of drug-likeness (QED) is 0.562. The van der Waals surface area contributed by atoms with Gasteiger partial charge in [0.15, 0.2) is 0 Å². The van der Waals surface area contributed by atoms with E-state index in [-0.39, 0.29) is 16.9 Å². The molecule has 56 valence electrons. The van der Waals surface area contributed by atoms with Crippen molar-refractivity contribution in [3.8, 4) is 0 Å². The smallest absolute Gasteiger partial charge is 0.125 e. The lowest BCUT2D eigenvalue weighted by Crippen LogP contribution is -2.08. The van der Waals surface area contributed by atoms with E-state index in [0.717, 1.165) is 0 Å². The summed E-state index contributed by atoms with van der Waals surface area (Å²) in [6, 6.07) is 0. The highest BCUT2D eigenvalue weighted by Crippen LogP contribution is 1.99. The second-order valence-corrected chi connectivity index (χ2v) is 2.32. The molecule has 5 heteroatoms. The average molecular weight is 180 g/mol. The minimum atomic E-state index is -0.175. The van der Waals surface area contributed by atoms with Gasteiger partial charge in [-0.15, -0.1) is 0 Å². The highest BCUT2D eigenvalue weighted by molar-refractivity contribution is 6.71. The van der Waals surface area contributed by atoms with E-state index in [9.17, 15) is 0 Å². The van der Waals surface area contributed by atoms with Gasteiger partial charge < -0.3 is 5.73 Å². The van der Waals surface area contributed by atoms with E-state index in [4.69, 9.17) is 39.8 Å². The van der Waals surface area contributed by atoms with Crippen molar-refractivity contribution in [3.63, 3.8) is 0 Å². The first kappa shape index (κ1) is 9.62. The molecule has 0 aromatic rings. The van der Waals surface area contributed by atoms with E-state index in [1.54, 1.807) is 0 Å². The maximum atomic E-state index is 6.91.